The molecule has 0 saturated carbocycles. The molecule has 2 heterocycles. The molecule has 0 aromatic carbocycles. The van der Waals surface area contributed by atoms with Gasteiger partial charge in [-0.2, -0.15) is 0 Å². The Morgan fingerprint density at radius 2 is 2.21 bits per heavy atom. The summed E-state index contributed by atoms with van der Waals surface area (Å²) in [4.78, 5) is 28.9. The van der Waals surface area contributed by atoms with Crippen LogP contribution in [-0.4, -0.2) is 42.1 Å². The van der Waals surface area contributed by atoms with E-state index in [1.54, 1.807) is 17.3 Å². The van der Waals surface area contributed by atoms with E-state index in [2.05, 4.69) is 15.0 Å². The van der Waals surface area contributed by atoms with E-state index in [4.69, 9.17) is 0 Å². The maximum atomic E-state index is 11.9. The Kier molecular flexibility index (Phi) is 4.33. The van der Waals surface area contributed by atoms with E-state index in [1.165, 1.54) is 7.11 Å². The van der Waals surface area contributed by atoms with Crippen LogP contribution in [0.1, 0.15) is 12.0 Å². The molecule has 1 aliphatic rings. The Bertz CT molecular complexity index is 450. The number of nitrogens with zero attached hydrogens (tertiary/aromatic N) is 2. The molecule has 1 N–H and O–H groups in total. The predicted molar refractivity (Wildman–Crippen MR) is 68.2 cm³/mol. The lowest BCUT2D eigenvalue weighted by Crippen LogP contribution is -2.38. The molecule has 19 heavy (non-hydrogen) atoms. The van der Waals surface area contributed by atoms with Gasteiger partial charge < -0.3 is 15.0 Å². The number of aromatic nitrogens is 1. The van der Waals surface area contributed by atoms with Gasteiger partial charge in [-0.15, -0.1) is 0 Å². The molecule has 0 aliphatic carbocycles. The van der Waals surface area contributed by atoms with Crippen LogP contribution in [0.4, 0.5) is 4.79 Å². The molecule has 0 spiro atoms. The van der Waals surface area contributed by atoms with Crippen LogP contribution in [0.2, 0.25) is 0 Å². The molecular weight excluding hydrogens is 246 g/mol. The van der Waals surface area contributed by atoms with Crippen molar-refractivity contribution >= 4 is 12.0 Å². The minimum Gasteiger partial charge on any atom is -0.469 e. The van der Waals surface area contributed by atoms with Crippen molar-refractivity contribution in [3.05, 3.63) is 30.1 Å². The molecule has 1 fully saturated rings. The molecule has 0 unspecified atom stereocenters. The van der Waals surface area contributed by atoms with Crippen molar-refractivity contribution in [3.8, 4) is 0 Å². The minimum atomic E-state index is -0.246. The SMILES string of the molecule is COC(=O)[C@H]1CCN(C(=O)NCc2ccncc2)C1. The summed E-state index contributed by atoms with van der Waals surface area (Å²) in [6.45, 7) is 1.47. The molecule has 1 aliphatic heterocycles. The van der Waals surface area contributed by atoms with Crippen LogP contribution in [0.3, 0.4) is 0 Å². The first kappa shape index (κ1) is 13.3. The van der Waals surface area contributed by atoms with Crippen LogP contribution in [0.5, 0.6) is 0 Å². The second-order valence-corrected chi connectivity index (χ2v) is 4.47. The van der Waals surface area contributed by atoms with Crippen molar-refractivity contribution in [1.82, 2.24) is 15.2 Å². The molecule has 1 aromatic heterocycles. The van der Waals surface area contributed by atoms with E-state index in [0.717, 1.165) is 5.56 Å². The number of likely N-dealkylation sites (tertiary alicyclic amines) is 1. The quantitative estimate of drug-likeness (QED) is 0.818. The van der Waals surface area contributed by atoms with Crippen molar-refractivity contribution in [3.63, 3.8) is 0 Å². The summed E-state index contributed by atoms with van der Waals surface area (Å²) in [5.41, 5.74) is 0.993. The molecule has 1 aromatic rings. The highest BCUT2D eigenvalue weighted by Gasteiger charge is 2.31. The number of carbonyl (C=O) groups excluding carboxylic acids is 2. The number of methoxy groups -OCH3 is 1. The van der Waals surface area contributed by atoms with Gasteiger partial charge in [0.15, 0.2) is 0 Å². The normalized spacial score (nSPS) is 18.2. The lowest BCUT2D eigenvalue weighted by Gasteiger charge is -2.16. The van der Waals surface area contributed by atoms with Crippen LogP contribution >= 0.6 is 0 Å². The van der Waals surface area contributed by atoms with Gasteiger partial charge in [-0.1, -0.05) is 0 Å². The number of urea groups is 1. The molecule has 1 saturated heterocycles. The summed E-state index contributed by atoms with van der Waals surface area (Å²) in [5, 5.41) is 2.83. The third-order valence-electron chi connectivity index (χ3n) is 3.20. The van der Waals surface area contributed by atoms with Crippen LogP contribution in [0.15, 0.2) is 24.5 Å². The fraction of sp³-hybridized carbons (Fsp3) is 0.462. The van der Waals surface area contributed by atoms with E-state index < -0.39 is 0 Å². The van der Waals surface area contributed by atoms with Gasteiger partial charge in [0.1, 0.15) is 0 Å². The second kappa shape index (κ2) is 6.17. The maximum absolute atomic E-state index is 11.9. The lowest BCUT2D eigenvalue weighted by molar-refractivity contribution is -0.144. The zero-order chi connectivity index (χ0) is 13.7. The van der Waals surface area contributed by atoms with Crippen LogP contribution in [0.25, 0.3) is 0 Å². The average molecular weight is 263 g/mol. The fourth-order valence-corrected chi connectivity index (χ4v) is 2.09. The zero-order valence-electron chi connectivity index (χ0n) is 10.8. The first-order valence-electron chi connectivity index (χ1n) is 6.20. The number of ether oxygens (including phenoxy) is 1. The van der Waals surface area contributed by atoms with E-state index >= 15 is 0 Å². The fourth-order valence-electron chi connectivity index (χ4n) is 2.09. The zero-order valence-corrected chi connectivity index (χ0v) is 10.8. The van der Waals surface area contributed by atoms with Gasteiger partial charge in [0, 0.05) is 32.0 Å². The third-order valence-corrected chi connectivity index (χ3v) is 3.20. The van der Waals surface area contributed by atoms with Gasteiger partial charge in [0.25, 0.3) is 0 Å². The summed E-state index contributed by atoms with van der Waals surface area (Å²) in [7, 11) is 1.37. The standard InChI is InChI=1S/C13H17N3O3/c1-19-12(17)11-4-7-16(9-11)13(18)15-8-10-2-5-14-6-3-10/h2-3,5-6,11H,4,7-9H2,1H3,(H,15,18)/t11-/m0/s1. The second-order valence-electron chi connectivity index (χ2n) is 4.47. The van der Waals surface area contributed by atoms with E-state index in [9.17, 15) is 9.59 Å². The van der Waals surface area contributed by atoms with Gasteiger partial charge in [-0.25, -0.2) is 4.79 Å². The number of pyridine rings is 1. The summed E-state index contributed by atoms with van der Waals surface area (Å²) >= 11 is 0. The number of amides is 2. The number of hydrogen-bond acceptors (Lipinski definition) is 4. The molecule has 2 amide bonds. The smallest absolute Gasteiger partial charge is 0.317 e. The highest BCUT2D eigenvalue weighted by molar-refractivity contribution is 5.78. The minimum absolute atomic E-state index is 0.150. The molecular formula is C13H17N3O3. The van der Waals surface area contributed by atoms with Crippen molar-refractivity contribution < 1.29 is 14.3 Å². The highest BCUT2D eigenvalue weighted by Crippen LogP contribution is 2.17. The summed E-state index contributed by atoms with van der Waals surface area (Å²) in [6, 6.07) is 3.55. The Labute approximate surface area is 111 Å². The van der Waals surface area contributed by atoms with Crippen LogP contribution in [-0.2, 0) is 16.1 Å². The van der Waals surface area contributed by atoms with Crippen molar-refractivity contribution in [2.45, 2.75) is 13.0 Å². The molecule has 102 valence electrons. The molecule has 6 heteroatoms. The molecule has 1 atom stereocenters. The van der Waals surface area contributed by atoms with Gasteiger partial charge >= 0.3 is 12.0 Å². The Morgan fingerprint density at radius 3 is 2.89 bits per heavy atom. The third kappa shape index (κ3) is 3.43. The Hall–Kier alpha value is -2.11. The Balaban J connectivity index is 1.80. The molecule has 2 rings (SSSR count). The molecule has 0 radical (unpaired) electrons. The Morgan fingerprint density at radius 1 is 1.47 bits per heavy atom. The van der Waals surface area contributed by atoms with E-state index in [1.807, 2.05) is 12.1 Å². The number of hydrogen-bond donors (Lipinski definition) is 1. The van der Waals surface area contributed by atoms with Gasteiger partial charge in [0.05, 0.1) is 13.0 Å². The maximum Gasteiger partial charge on any atom is 0.317 e. The average Bonchev–Trinajstić information content (AvgIpc) is 2.95. The number of carbonyl (C=O) groups is 2. The summed E-state index contributed by atoms with van der Waals surface area (Å²) in [6.07, 6.45) is 4.03. The van der Waals surface area contributed by atoms with Crippen molar-refractivity contribution in [2.75, 3.05) is 20.2 Å². The number of rotatable bonds is 3. The van der Waals surface area contributed by atoms with E-state index in [-0.39, 0.29) is 17.9 Å². The molecule has 6 nitrogen and oxygen atoms in total. The monoisotopic (exact) mass is 263 g/mol. The van der Waals surface area contributed by atoms with Crippen molar-refractivity contribution in [2.24, 2.45) is 5.92 Å². The van der Waals surface area contributed by atoms with Gasteiger partial charge in [-0.3, -0.25) is 9.78 Å². The van der Waals surface area contributed by atoms with E-state index in [0.29, 0.717) is 26.1 Å². The summed E-state index contributed by atoms with van der Waals surface area (Å²) < 4.78 is 4.69. The highest BCUT2D eigenvalue weighted by atomic mass is 16.5. The topological polar surface area (TPSA) is 71.5 Å². The lowest BCUT2D eigenvalue weighted by atomic mass is 10.1. The van der Waals surface area contributed by atoms with Gasteiger partial charge in [0.2, 0.25) is 0 Å². The predicted octanol–water partition coefficient (Wildman–Crippen LogP) is 0.786. The van der Waals surface area contributed by atoms with Crippen LogP contribution in [0, 0.1) is 5.92 Å². The van der Waals surface area contributed by atoms with Crippen molar-refractivity contribution in [1.29, 1.82) is 0 Å². The number of esters is 1. The summed E-state index contributed by atoms with van der Waals surface area (Å²) in [5.74, 6) is -0.443. The van der Waals surface area contributed by atoms with Gasteiger partial charge in [-0.05, 0) is 24.1 Å². The largest absolute Gasteiger partial charge is 0.469 e. The first-order chi connectivity index (χ1) is 9.20. The molecule has 0 bridgehead atoms. The van der Waals surface area contributed by atoms with Crippen LogP contribution < -0.4 is 5.32 Å². The first-order valence-corrected chi connectivity index (χ1v) is 6.20. The number of nitrogens with one attached hydrogen (secondary N) is 1.